The molecule has 0 aliphatic heterocycles. The molecule has 0 radical (unpaired) electrons. The number of alkyl halides is 3. The van der Waals surface area contributed by atoms with E-state index in [1.807, 2.05) is 0 Å². The first kappa shape index (κ1) is 7.82. The van der Waals surface area contributed by atoms with E-state index in [0.717, 1.165) is 6.92 Å². The van der Waals surface area contributed by atoms with Crippen molar-refractivity contribution in [2.24, 2.45) is 0 Å². The van der Waals surface area contributed by atoms with Crippen LogP contribution >= 0.6 is 11.6 Å². The first-order valence-corrected chi connectivity index (χ1v) is 2.20. The second-order valence-corrected chi connectivity index (χ2v) is 1.76. The maximum atomic E-state index is 11.6. The van der Waals surface area contributed by atoms with E-state index < -0.39 is 11.0 Å². The molecule has 0 bridgehead atoms. The Hall–Kier alpha value is -0.180. The Bertz CT molecular complexity index is 102. The van der Waals surface area contributed by atoms with E-state index in [9.17, 15) is 13.2 Å². The average Bonchev–Trinajstić information content (AvgIpc) is 1.62. The molecule has 0 nitrogen and oxygen atoms in total. The maximum Gasteiger partial charge on any atom is 0.346 e. The molecule has 0 amide bonds. The SMILES string of the molecule is CC(=CF)C(F)(F)Cl. The number of rotatable bonds is 1. The first-order valence-electron chi connectivity index (χ1n) is 1.82. The van der Waals surface area contributed by atoms with Crippen LogP contribution in [0, 0.1) is 0 Å². The summed E-state index contributed by atoms with van der Waals surface area (Å²) >= 11 is 4.34. The van der Waals surface area contributed by atoms with Crippen molar-refractivity contribution in [3.8, 4) is 0 Å². The zero-order valence-corrected chi connectivity index (χ0v) is 4.85. The standard InChI is InChI=1S/C4H4ClF3/c1-3(2-6)4(5,7)8/h2H,1H3. The van der Waals surface area contributed by atoms with Gasteiger partial charge < -0.3 is 0 Å². The lowest BCUT2D eigenvalue weighted by molar-refractivity contribution is 0.137. The summed E-state index contributed by atoms with van der Waals surface area (Å²) in [5, 5.41) is -3.53. The van der Waals surface area contributed by atoms with E-state index >= 15 is 0 Å². The molecule has 0 unspecified atom stereocenters. The molecule has 0 fully saturated rings. The second kappa shape index (κ2) is 2.40. The number of allylic oxidation sites excluding steroid dienone is 1. The summed E-state index contributed by atoms with van der Waals surface area (Å²) in [4.78, 5) is 0. The zero-order chi connectivity index (χ0) is 6.78. The summed E-state index contributed by atoms with van der Waals surface area (Å²) < 4.78 is 34.3. The largest absolute Gasteiger partial charge is 0.346 e. The Morgan fingerprint density at radius 3 is 2.00 bits per heavy atom. The maximum absolute atomic E-state index is 11.6. The highest BCUT2D eigenvalue weighted by molar-refractivity contribution is 6.23. The molecule has 0 aliphatic carbocycles. The van der Waals surface area contributed by atoms with Gasteiger partial charge in [-0.15, -0.1) is 0 Å². The molecule has 4 heteroatoms. The fourth-order valence-electron chi connectivity index (χ4n) is 0.0619. The molecule has 0 rings (SSSR count). The molecule has 0 aromatic rings. The fraction of sp³-hybridized carbons (Fsp3) is 0.500. The monoisotopic (exact) mass is 144 g/mol. The van der Waals surface area contributed by atoms with Crippen LogP contribution in [0.1, 0.15) is 6.92 Å². The normalized spacial score (nSPS) is 14.4. The topological polar surface area (TPSA) is 0 Å². The van der Waals surface area contributed by atoms with E-state index in [1.165, 1.54) is 0 Å². The minimum Gasteiger partial charge on any atom is -0.215 e. The van der Waals surface area contributed by atoms with Crippen LogP contribution < -0.4 is 0 Å². The third-order valence-corrected chi connectivity index (χ3v) is 0.909. The van der Waals surface area contributed by atoms with Gasteiger partial charge >= 0.3 is 5.38 Å². The summed E-state index contributed by atoms with van der Waals surface area (Å²) in [6.45, 7) is 0.910. The highest BCUT2D eigenvalue weighted by atomic mass is 35.5. The summed E-state index contributed by atoms with van der Waals surface area (Å²) in [6.07, 6.45) is -0.215. The third-order valence-electron chi connectivity index (χ3n) is 0.611. The van der Waals surface area contributed by atoms with Gasteiger partial charge in [0.1, 0.15) is 0 Å². The highest BCUT2D eigenvalue weighted by Crippen LogP contribution is 2.27. The molecule has 0 heterocycles. The van der Waals surface area contributed by atoms with Gasteiger partial charge in [-0.25, -0.2) is 4.39 Å². The Labute approximate surface area is 49.9 Å². The lowest BCUT2D eigenvalue weighted by Gasteiger charge is -2.03. The van der Waals surface area contributed by atoms with E-state index in [0.29, 0.717) is 0 Å². The van der Waals surface area contributed by atoms with E-state index in [-0.39, 0.29) is 6.33 Å². The number of hydrogen-bond acceptors (Lipinski definition) is 0. The van der Waals surface area contributed by atoms with Gasteiger partial charge in [0, 0.05) is 5.57 Å². The fourth-order valence-corrected chi connectivity index (χ4v) is 0.103. The lowest BCUT2D eigenvalue weighted by Crippen LogP contribution is -2.05. The van der Waals surface area contributed by atoms with Crippen LogP contribution in [0.3, 0.4) is 0 Å². The molecule has 0 aromatic carbocycles. The van der Waals surface area contributed by atoms with Crippen LogP contribution in [0.15, 0.2) is 11.9 Å². The summed E-state index contributed by atoms with van der Waals surface area (Å²) in [5.41, 5.74) is -0.779. The van der Waals surface area contributed by atoms with Crippen LogP contribution in [-0.4, -0.2) is 5.38 Å². The van der Waals surface area contributed by atoms with E-state index in [1.54, 1.807) is 0 Å². The van der Waals surface area contributed by atoms with Gasteiger partial charge in [0.05, 0.1) is 6.33 Å². The van der Waals surface area contributed by atoms with Crippen molar-refractivity contribution < 1.29 is 13.2 Å². The van der Waals surface area contributed by atoms with Crippen molar-refractivity contribution >= 4 is 11.6 Å². The Kier molecular flexibility index (Phi) is 2.34. The van der Waals surface area contributed by atoms with Gasteiger partial charge in [-0.3, -0.25) is 0 Å². The van der Waals surface area contributed by atoms with Crippen molar-refractivity contribution in [3.63, 3.8) is 0 Å². The van der Waals surface area contributed by atoms with Gasteiger partial charge in [0.2, 0.25) is 0 Å². The van der Waals surface area contributed by atoms with Crippen molar-refractivity contribution in [2.45, 2.75) is 12.3 Å². The van der Waals surface area contributed by atoms with Crippen molar-refractivity contribution in [3.05, 3.63) is 11.9 Å². The molecule has 0 aromatic heterocycles. The van der Waals surface area contributed by atoms with Gasteiger partial charge in [-0.1, -0.05) is 0 Å². The molecular weight excluding hydrogens is 140 g/mol. The molecule has 0 spiro atoms. The smallest absolute Gasteiger partial charge is 0.215 e. The minimum atomic E-state index is -3.53. The highest BCUT2D eigenvalue weighted by Gasteiger charge is 2.27. The van der Waals surface area contributed by atoms with Gasteiger partial charge in [0.25, 0.3) is 0 Å². The van der Waals surface area contributed by atoms with Crippen LogP contribution in [0.5, 0.6) is 0 Å². The Morgan fingerprint density at radius 1 is 1.62 bits per heavy atom. The zero-order valence-electron chi connectivity index (χ0n) is 4.09. The van der Waals surface area contributed by atoms with Crippen molar-refractivity contribution in [1.82, 2.24) is 0 Å². The van der Waals surface area contributed by atoms with Crippen LogP contribution in [-0.2, 0) is 0 Å². The minimum absolute atomic E-state index is 0.215. The number of hydrogen-bond donors (Lipinski definition) is 0. The molecule has 0 saturated carbocycles. The van der Waals surface area contributed by atoms with Crippen molar-refractivity contribution in [1.29, 1.82) is 0 Å². The van der Waals surface area contributed by atoms with Gasteiger partial charge in [-0.2, -0.15) is 8.78 Å². The van der Waals surface area contributed by atoms with E-state index in [4.69, 9.17) is 0 Å². The lowest BCUT2D eigenvalue weighted by atomic mass is 10.4. The predicted octanol–water partition coefficient (Wildman–Crippen LogP) is 2.69. The van der Waals surface area contributed by atoms with Crippen molar-refractivity contribution in [2.75, 3.05) is 0 Å². The Morgan fingerprint density at radius 2 is 2.00 bits per heavy atom. The van der Waals surface area contributed by atoms with Gasteiger partial charge in [-0.05, 0) is 18.5 Å². The predicted molar refractivity (Wildman–Crippen MR) is 25.7 cm³/mol. The quantitative estimate of drug-likeness (QED) is 0.497. The summed E-state index contributed by atoms with van der Waals surface area (Å²) in [6, 6.07) is 0. The molecule has 0 aliphatic rings. The third kappa shape index (κ3) is 2.21. The van der Waals surface area contributed by atoms with E-state index in [2.05, 4.69) is 11.6 Å². The van der Waals surface area contributed by atoms with Crippen LogP contribution in [0.2, 0.25) is 0 Å². The molecule has 48 valence electrons. The average molecular weight is 145 g/mol. The summed E-state index contributed by atoms with van der Waals surface area (Å²) in [7, 11) is 0. The van der Waals surface area contributed by atoms with Crippen LogP contribution in [0.25, 0.3) is 0 Å². The van der Waals surface area contributed by atoms with Gasteiger partial charge in [0.15, 0.2) is 0 Å². The first-order chi connectivity index (χ1) is 3.48. The second-order valence-electron chi connectivity index (χ2n) is 1.29. The Balaban J connectivity index is 4.03. The number of halogens is 4. The van der Waals surface area contributed by atoms with Crippen LogP contribution in [0.4, 0.5) is 13.2 Å². The molecule has 0 N–H and O–H groups in total. The molecular formula is C4H4ClF3. The summed E-state index contributed by atoms with van der Waals surface area (Å²) in [5.74, 6) is 0. The molecule has 8 heavy (non-hydrogen) atoms. The molecule has 0 atom stereocenters. The molecule has 0 saturated heterocycles.